The van der Waals surface area contributed by atoms with Gasteiger partial charge in [-0.15, -0.1) is 0 Å². The Labute approximate surface area is 186 Å². The van der Waals surface area contributed by atoms with E-state index in [-0.39, 0.29) is 5.41 Å². The molecule has 32 heavy (non-hydrogen) atoms. The minimum atomic E-state index is -0.0721. The van der Waals surface area contributed by atoms with Gasteiger partial charge in [-0.3, -0.25) is 0 Å². The molecule has 0 unspecified atom stereocenters. The molecule has 0 spiro atoms. The predicted molar refractivity (Wildman–Crippen MR) is 131 cm³/mol. The van der Waals surface area contributed by atoms with Crippen LogP contribution in [0.1, 0.15) is 25.0 Å². The van der Waals surface area contributed by atoms with Gasteiger partial charge in [-0.2, -0.15) is 0 Å². The molecule has 3 heteroatoms. The zero-order chi connectivity index (χ0) is 21.4. The molecule has 7 rings (SSSR count). The van der Waals surface area contributed by atoms with Gasteiger partial charge in [-0.1, -0.05) is 56.3 Å². The third-order valence-corrected chi connectivity index (χ3v) is 7.14. The lowest BCUT2D eigenvalue weighted by Gasteiger charge is -2.22. The lowest BCUT2D eigenvalue weighted by Crippen LogP contribution is -2.15. The van der Waals surface area contributed by atoms with E-state index in [1.165, 1.54) is 54.8 Å². The molecule has 0 N–H and O–H groups in total. The highest BCUT2D eigenvalue weighted by atomic mass is 15.0. The highest BCUT2D eigenvalue weighted by Crippen LogP contribution is 2.52. The average molecular weight is 412 g/mol. The van der Waals surface area contributed by atoms with Gasteiger partial charge in [-0.25, -0.2) is 9.97 Å². The van der Waals surface area contributed by atoms with E-state index in [1.54, 1.807) is 6.33 Å². The van der Waals surface area contributed by atoms with Crippen LogP contribution >= 0.6 is 0 Å². The van der Waals surface area contributed by atoms with E-state index in [4.69, 9.17) is 0 Å². The highest BCUT2D eigenvalue weighted by Gasteiger charge is 2.36. The number of aromatic nitrogens is 3. The van der Waals surface area contributed by atoms with Crippen molar-refractivity contribution in [1.29, 1.82) is 0 Å². The van der Waals surface area contributed by atoms with Gasteiger partial charge in [-0.05, 0) is 63.4 Å². The maximum atomic E-state index is 4.29. The summed E-state index contributed by atoms with van der Waals surface area (Å²) in [6, 6.07) is 26.8. The van der Waals surface area contributed by atoms with Crippen molar-refractivity contribution < 1.29 is 0 Å². The van der Waals surface area contributed by atoms with Crippen LogP contribution in [0.25, 0.3) is 49.4 Å². The van der Waals surface area contributed by atoms with Crippen molar-refractivity contribution >= 4 is 32.6 Å². The second-order valence-electron chi connectivity index (χ2n) is 9.23. The molecule has 2 aromatic heterocycles. The molecule has 0 radical (unpaired) electrons. The summed E-state index contributed by atoms with van der Waals surface area (Å²) >= 11 is 0. The molecular formula is C29H21N3. The second kappa shape index (κ2) is 6.04. The first-order chi connectivity index (χ1) is 15.6. The molecule has 1 aliphatic rings. The molecule has 0 bridgehead atoms. The summed E-state index contributed by atoms with van der Waals surface area (Å²) in [6.07, 6.45) is 5.36. The topological polar surface area (TPSA) is 30.7 Å². The molecule has 0 atom stereocenters. The van der Waals surface area contributed by atoms with Crippen molar-refractivity contribution in [3.05, 3.63) is 103 Å². The molecule has 0 aliphatic heterocycles. The van der Waals surface area contributed by atoms with Gasteiger partial charge >= 0.3 is 0 Å². The van der Waals surface area contributed by atoms with Crippen molar-refractivity contribution in [2.45, 2.75) is 19.3 Å². The summed E-state index contributed by atoms with van der Waals surface area (Å²) in [5, 5.41) is 5.10. The van der Waals surface area contributed by atoms with Crippen LogP contribution in [0, 0.1) is 0 Å². The van der Waals surface area contributed by atoms with Crippen LogP contribution in [0.4, 0.5) is 0 Å². The number of nitrogens with zero attached hydrogens (tertiary/aromatic N) is 3. The monoisotopic (exact) mass is 411 g/mol. The maximum Gasteiger partial charge on any atom is 0.115 e. The number of fused-ring (bicyclic) bond motifs is 7. The van der Waals surface area contributed by atoms with Crippen molar-refractivity contribution in [1.82, 2.24) is 14.5 Å². The first-order valence-electron chi connectivity index (χ1n) is 11.0. The van der Waals surface area contributed by atoms with Crippen LogP contribution in [0.5, 0.6) is 0 Å². The van der Waals surface area contributed by atoms with Gasteiger partial charge < -0.3 is 4.57 Å². The number of hydrogen-bond donors (Lipinski definition) is 0. The van der Waals surface area contributed by atoms with Crippen molar-refractivity contribution in [2.75, 3.05) is 0 Å². The molecule has 6 aromatic rings. The van der Waals surface area contributed by atoms with Crippen LogP contribution in [-0.2, 0) is 5.41 Å². The van der Waals surface area contributed by atoms with E-state index in [9.17, 15) is 0 Å². The third-order valence-electron chi connectivity index (χ3n) is 7.14. The smallest absolute Gasteiger partial charge is 0.115 e. The largest absolute Gasteiger partial charge is 0.306 e. The Balaban J connectivity index is 1.62. The molecule has 1 aliphatic carbocycles. The van der Waals surface area contributed by atoms with Crippen LogP contribution in [0.15, 0.2) is 91.5 Å². The van der Waals surface area contributed by atoms with E-state index >= 15 is 0 Å². The van der Waals surface area contributed by atoms with Crippen LogP contribution in [0.2, 0.25) is 0 Å². The molecule has 2 heterocycles. The number of para-hydroxylation sites is 1. The summed E-state index contributed by atoms with van der Waals surface area (Å²) < 4.78 is 2.29. The van der Waals surface area contributed by atoms with Crippen molar-refractivity contribution in [3.63, 3.8) is 0 Å². The van der Waals surface area contributed by atoms with Crippen LogP contribution in [0.3, 0.4) is 0 Å². The van der Waals surface area contributed by atoms with Crippen molar-refractivity contribution in [3.8, 4) is 16.8 Å². The Morgan fingerprint density at radius 3 is 2.12 bits per heavy atom. The maximum absolute atomic E-state index is 4.29. The van der Waals surface area contributed by atoms with Gasteiger partial charge in [0.05, 0.1) is 29.1 Å². The molecule has 0 saturated carbocycles. The molecule has 0 saturated heterocycles. The Morgan fingerprint density at radius 2 is 1.31 bits per heavy atom. The van der Waals surface area contributed by atoms with E-state index in [0.717, 1.165) is 5.69 Å². The number of benzene rings is 4. The predicted octanol–water partition coefficient (Wildman–Crippen LogP) is 7.03. The first kappa shape index (κ1) is 17.7. The zero-order valence-electron chi connectivity index (χ0n) is 18.0. The van der Waals surface area contributed by atoms with E-state index < -0.39 is 0 Å². The SMILES string of the molecule is CC1(C)c2cc3ccccc3cc2-c2cc3c4ccccc4n(-c4cncnc4)c3cc21. The summed E-state index contributed by atoms with van der Waals surface area (Å²) in [7, 11) is 0. The minimum absolute atomic E-state index is 0.0721. The van der Waals surface area contributed by atoms with Gasteiger partial charge in [0.25, 0.3) is 0 Å². The summed E-state index contributed by atoms with van der Waals surface area (Å²) in [6.45, 7) is 4.69. The van der Waals surface area contributed by atoms with E-state index in [2.05, 4.69) is 101 Å². The minimum Gasteiger partial charge on any atom is -0.306 e. The molecule has 152 valence electrons. The van der Waals surface area contributed by atoms with Crippen molar-refractivity contribution in [2.24, 2.45) is 0 Å². The number of rotatable bonds is 1. The molecule has 4 aromatic carbocycles. The normalized spacial score (nSPS) is 14.2. The van der Waals surface area contributed by atoms with Gasteiger partial charge in [0.1, 0.15) is 6.33 Å². The van der Waals surface area contributed by atoms with Crippen LogP contribution < -0.4 is 0 Å². The van der Waals surface area contributed by atoms with E-state index in [1.807, 2.05) is 12.4 Å². The standard InChI is InChI=1S/C29H21N3/c1-29(2)25-12-19-8-4-3-7-18(19)11-22(25)23-13-24-21-9-5-6-10-27(21)32(28(24)14-26(23)29)20-15-30-17-31-16-20/h3-17H,1-2H3. The number of hydrogen-bond acceptors (Lipinski definition) is 2. The Morgan fingerprint density at radius 1 is 0.656 bits per heavy atom. The lowest BCUT2D eigenvalue weighted by molar-refractivity contribution is 0.662. The molecule has 0 fully saturated rings. The van der Waals surface area contributed by atoms with E-state index in [0.29, 0.717) is 0 Å². The second-order valence-corrected chi connectivity index (χ2v) is 9.23. The van der Waals surface area contributed by atoms with Crippen LogP contribution in [-0.4, -0.2) is 14.5 Å². The molecular weight excluding hydrogens is 390 g/mol. The summed E-state index contributed by atoms with van der Waals surface area (Å²) in [5.41, 5.74) is 8.76. The fourth-order valence-electron chi connectivity index (χ4n) is 5.57. The average Bonchev–Trinajstić information content (AvgIpc) is 3.26. The lowest BCUT2D eigenvalue weighted by atomic mass is 9.81. The Kier molecular flexibility index (Phi) is 3.34. The molecule has 0 amide bonds. The van der Waals surface area contributed by atoms with Gasteiger partial charge in [0, 0.05) is 16.2 Å². The summed E-state index contributed by atoms with van der Waals surface area (Å²) in [4.78, 5) is 8.57. The third kappa shape index (κ3) is 2.20. The zero-order valence-corrected chi connectivity index (χ0v) is 18.0. The van der Waals surface area contributed by atoms with Gasteiger partial charge in [0.15, 0.2) is 0 Å². The van der Waals surface area contributed by atoms with Gasteiger partial charge in [0.2, 0.25) is 0 Å². The molecule has 3 nitrogen and oxygen atoms in total. The Hall–Kier alpha value is -3.98. The first-order valence-corrected chi connectivity index (χ1v) is 11.0. The fourth-order valence-corrected chi connectivity index (χ4v) is 5.57. The Bertz CT molecular complexity index is 1690. The quantitative estimate of drug-likeness (QED) is 0.291. The fraction of sp³-hybridized carbons (Fsp3) is 0.103. The summed E-state index contributed by atoms with van der Waals surface area (Å²) in [5.74, 6) is 0. The highest BCUT2D eigenvalue weighted by molar-refractivity contribution is 6.12.